The van der Waals surface area contributed by atoms with E-state index in [4.69, 9.17) is 0 Å². The number of imidazole rings is 1. The molecule has 6 nitrogen and oxygen atoms in total. The maximum Gasteiger partial charge on any atom is 0.191 e. The van der Waals surface area contributed by atoms with Crippen LogP contribution in [0.3, 0.4) is 0 Å². The van der Waals surface area contributed by atoms with Crippen molar-refractivity contribution >= 4 is 5.96 Å². The average molecular weight is 314 g/mol. The van der Waals surface area contributed by atoms with Gasteiger partial charge in [-0.2, -0.15) is 0 Å². The second-order valence-electron chi connectivity index (χ2n) is 5.80. The minimum atomic E-state index is 0.605. The lowest BCUT2D eigenvalue weighted by Crippen LogP contribution is -2.38. The monoisotopic (exact) mass is 314 g/mol. The molecule has 0 aliphatic carbocycles. The van der Waals surface area contributed by atoms with Gasteiger partial charge in [0.05, 0.1) is 6.54 Å². The highest BCUT2D eigenvalue weighted by Gasteiger charge is 2.00. The van der Waals surface area contributed by atoms with Crippen LogP contribution in [0, 0.1) is 5.92 Å². The van der Waals surface area contributed by atoms with Crippen LogP contribution in [0.5, 0.6) is 0 Å². The van der Waals surface area contributed by atoms with Crippen LogP contribution < -0.4 is 10.6 Å². The number of nitrogens with one attached hydrogen (secondary N) is 2. The largest absolute Gasteiger partial charge is 0.357 e. The van der Waals surface area contributed by atoms with Crippen molar-refractivity contribution in [3.63, 3.8) is 0 Å². The van der Waals surface area contributed by atoms with Gasteiger partial charge in [0.1, 0.15) is 12.1 Å². The molecule has 0 unspecified atom stereocenters. The molecule has 2 aromatic heterocycles. The molecule has 0 amide bonds. The number of guanidine groups is 1. The molecule has 0 radical (unpaired) electrons. The third-order valence-electron chi connectivity index (χ3n) is 3.36. The number of hydrogen-bond acceptors (Lipinski definition) is 3. The molecule has 0 aliphatic rings. The van der Waals surface area contributed by atoms with Gasteiger partial charge in [0.15, 0.2) is 5.96 Å². The summed E-state index contributed by atoms with van der Waals surface area (Å²) in [5, 5.41) is 6.63. The zero-order valence-corrected chi connectivity index (χ0v) is 14.2. The molecular weight excluding hydrogens is 288 g/mol. The van der Waals surface area contributed by atoms with E-state index in [-0.39, 0.29) is 0 Å². The second-order valence-corrected chi connectivity index (χ2v) is 5.80. The third-order valence-corrected chi connectivity index (χ3v) is 3.36. The smallest absolute Gasteiger partial charge is 0.191 e. The van der Waals surface area contributed by atoms with Crippen LogP contribution in [0.25, 0.3) is 5.82 Å². The van der Waals surface area contributed by atoms with Gasteiger partial charge in [-0.05, 0) is 30.9 Å². The topological polar surface area (TPSA) is 67.1 Å². The molecule has 0 aliphatic heterocycles. The van der Waals surface area contributed by atoms with Crippen LogP contribution in [0.4, 0.5) is 0 Å². The molecular formula is C17H26N6. The Labute approximate surface area is 138 Å². The van der Waals surface area contributed by atoms with Crippen LogP contribution in [0.2, 0.25) is 0 Å². The molecule has 23 heavy (non-hydrogen) atoms. The van der Waals surface area contributed by atoms with Gasteiger partial charge in [0.25, 0.3) is 0 Å². The Morgan fingerprint density at radius 3 is 2.78 bits per heavy atom. The molecule has 0 fully saturated rings. The molecule has 2 heterocycles. The van der Waals surface area contributed by atoms with E-state index in [1.807, 2.05) is 29.1 Å². The lowest BCUT2D eigenvalue weighted by molar-refractivity contribution is 0.573. The van der Waals surface area contributed by atoms with Crippen LogP contribution >= 0.6 is 0 Å². The number of rotatable bonds is 7. The van der Waals surface area contributed by atoms with E-state index in [0.29, 0.717) is 12.5 Å². The molecule has 6 heteroatoms. The van der Waals surface area contributed by atoms with Crippen molar-refractivity contribution in [2.45, 2.75) is 33.7 Å². The Morgan fingerprint density at radius 1 is 1.30 bits per heavy atom. The summed E-state index contributed by atoms with van der Waals surface area (Å²) in [5.74, 6) is 2.40. The zero-order valence-electron chi connectivity index (χ0n) is 14.2. The first kappa shape index (κ1) is 17.0. The van der Waals surface area contributed by atoms with Gasteiger partial charge in [-0.3, -0.25) is 4.57 Å². The van der Waals surface area contributed by atoms with Crippen LogP contribution in [0.15, 0.2) is 42.0 Å². The van der Waals surface area contributed by atoms with Gasteiger partial charge in [0.2, 0.25) is 0 Å². The number of pyridine rings is 1. The van der Waals surface area contributed by atoms with E-state index in [1.54, 1.807) is 12.5 Å². The van der Waals surface area contributed by atoms with Crippen molar-refractivity contribution in [1.29, 1.82) is 0 Å². The van der Waals surface area contributed by atoms with Gasteiger partial charge in [-0.1, -0.05) is 19.9 Å². The first-order valence-electron chi connectivity index (χ1n) is 8.14. The van der Waals surface area contributed by atoms with Crippen molar-refractivity contribution in [1.82, 2.24) is 25.2 Å². The number of hydrogen-bond donors (Lipinski definition) is 2. The number of nitrogens with zero attached hydrogens (tertiary/aromatic N) is 4. The van der Waals surface area contributed by atoms with Crippen LogP contribution in [-0.2, 0) is 6.54 Å². The Morgan fingerprint density at radius 2 is 2.17 bits per heavy atom. The first-order chi connectivity index (χ1) is 11.2. The minimum absolute atomic E-state index is 0.605. The second kappa shape index (κ2) is 8.92. The van der Waals surface area contributed by atoms with E-state index in [1.165, 1.54) is 0 Å². The fraction of sp³-hybridized carbons (Fsp3) is 0.471. The Hall–Kier alpha value is -2.37. The standard InChI is InChI=1S/C17H26N6/c1-4-19-17(20-8-7-14(2)3)22-12-15-5-6-16(21-11-15)23-10-9-18-13-23/h5-6,9-11,13-14H,4,7-8,12H2,1-3H3,(H2,19,20,22). The van der Waals surface area contributed by atoms with Gasteiger partial charge in [0, 0.05) is 31.7 Å². The molecule has 0 aromatic carbocycles. The molecule has 2 aromatic rings. The van der Waals surface area contributed by atoms with Crippen LogP contribution in [-0.4, -0.2) is 33.6 Å². The summed E-state index contributed by atoms with van der Waals surface area (Å²) in [5.41, 5.74) is 1.08. The summed E-state index contributed by atoms with van der Waals surface area (Å²) in [7, 11) is 0. The summed E-state index contributed by atoms with van der Waals surface area (Å²) in [4.78, 5) is 13.1. The highest BCUT2D eigenvalue weighted by molar-refractivity contribution is 5.79. The number of aliphatic imine (C=N–C) groups is 1. The molecule has 0 atom stereocenters. The molecule has 2 N–H and O–H groups in total. The Bertz CT molecular complexity index is 586. The quantitative estimate of drug-likeness (QED) is 0.608. The third kappa shape index (κ3) is 5.73. The zero-order chi connectivity index (χ0) is 16.5. The minimum Gasteiger partial charge on any atom is -0.357 e. The first-order valence-corrected chi connectivity index (χ1v) is 8.14. The molecule has 0 bridgehead atoms. The highest BCUT2D eigenvalue weighted by Crippen LogP contribution is 2.06. The molecule has 2 rings (SSSR count). The number of aromatic nitrogens is 3. The van der Waals surface area contributed by atoms with Gasteiger partial charge in [-0.15, -0.1) is 0 Å². The molecule has 0 saturated heterocycles. The predicted octanol–water partition coefficient (Wildman–Crippen LogP) is 2.37. The lowest BCUT2D eigenvalue weighted by atomic mass is 10.1. The van der Waals surface area contributed by atoms with E-state index in [2.05, 4.69) is 46.4 Å². The molecule has 0 spiro atoms. The van der Waals surface area contributed by atoms with Crippen LogP contribution in [0.1, 0.15) is 32.8 Å². The highest BCUT2D eigenvalue weighted by atomic mass is 15.2. The van der Waals surface area contributed by atoms with Crippen molar-refractivity contribution in [3.8, 4) is 5.82 Å². The van der Waals surface area contributed by atoms with Crippen molar-refractivity contribution < 1.29 is 0 Å². The van der Waals surface area contributed by atoms with Gasteiger partial charge >= 0.3 is 0 Å². The summed E-state index contributed by atoms with van der Waals surface area (Å²) < 4.78 is 1.88. The summed E-state index contributed by atoms with van der Waals surface area (Å²) in [6, 6.07) is 4.02. The van der Waals surface area contributed by atoms with Crippen molar-refractivity contribution in [2.24, 2.45) is 10.9 Å². The normalized spacial score (nSPS) is 11.7. The van der Waals surface area contributed by atoms with Gasteiger partial charge in [-0.25, -0.2) is 15.0 Å². The SMILES string of the molecule is CCNC(=NCc1ccc(-n2ccnc2)nc1)NCCC(C)C. The average Bonchev–Trinajstić information content (AvgIpc) is 3.07. The molecule has 124 valence electrons. The van der Waals surface area contributed by atoms with Crippen molar-refractivity contribution in [2.75, 3.05) is 13.1 Å². The lowest BCUT2D eigenvalue weighted by Gasteiger charge is -2.12. The van der Waals surface area contributed by atoms with Crippen molar-refractivity contribution in [3.05, 3.63) is 42.6 Å². The summed E-state index contributed by atoms with van der Waals surface area (Å²) in [6.07, 6.45) is 8.34. The fourth-order valence-electron chi connectivity index (χ4n) is 2.05. The predicted molar refractivity (Wildman–Crippen MR) is 93.6 cm³/mol. The Kier molecular flexibility index (Phi) is 6.59. The van der Waals surface area contributed by atoms with E-state index < -0.39 is 0 Å². The van der Waals surface area contributed by atoms with E-state index >= 15 is 0 Å². The van der Waals surface area contributed by atoms with E-state index in [9.17, 15) is 0 Å². The molecule has 0 saturated carbocycles. The van der Waals surface area contributed by atoms with Gasteiger partial charge < -0.3 is 10.6 Å². The summed E-state index contributed by atoms with van der Waals surface area (Å²) in [6.45, 7) is 8.90. The summed E-state index contributed by atoms with van der Waals surface area (Å²) >= 11 is 0. The maximum atomic E-state index is 4.61. The van der Waals surface area contributed by atoms with E-state index in [0.717, 1.165) is 36.9 Å². The Balaban J connectivity index is 1.92. The fourth-order valence-corrected chi connectivity index (χ4v) is 2.05. The maximum absolute atomic E-state index is 4.61.